The lowest BCUT2D eigenvalue weighted by molar-refractivity contribution is -0.141. The van der Waals surface area contributed by atoms with E-state index in [9.17, 15) is 18.0 Å². The number of alkyl halides is 3. The minimum absolute atomic E-state index is 0.0681. The minimum atomic E-state index is -4.52. The van der Waals surface area contributed by atoms with Gasteiger partial charge in [0.05, 0.1) is 12.7 Å². The van der Waals surface area contributed by atoms with Gasteiger partial charge in [0.1, 0.15) is 5.69 Å². The summed E-state index contributed by atoms with van der Waals surface area (Å²) in [6.45, 7) is 1.99. The smallest absolute Gasteiger partial charge is 0.433 e. The molecular weight excluding hydrogens is 515 g/mol. The van der Waals surface area contributed by atoms with Gasteiger partial charge >= 0.3 is 12.1 Å². The first-order chi connectivity index (χ1) is 19.2. The fourth-order valence-corrected chi connectivity index (χ4v) is 5.54. The number of esters is 1. The van der Waals surface area contributed by atoms with Crippen LogP contribution in [0.3, 0.4) is 0 Å². The van der Waals surface area contributed by atoms with Gasteiger partial charge in [0.15, 0.2) is 0 Å². The molecule has 212 valence electrons. The standard InChI is InChI=1S/C32H36F3N3O2/c1-22-18-24(21-28(19-22)37-31-36-17-16-29(38-31)32(33,34)35)20-23-8-3-4-10-25(13-7-9-23)26-11-5-6-12-27(15-14-26)30(39)40-2/h5-6,11-12,14-19,21,23,25H,3-4,7-10,13,20H2,1-2H3,(H,36,37,38). The largest absolute Gasteiger partial charge is 0.465 e. The number of rotatable bonds is 6. The van der Waals surface area contributed by atoms with Gasteiger partial charge in [0.2, 0.25) is 5.95 Å². The predicted octanol–water partition coefficient (Wildman–Crippen LogP) is 8.22. The van der Waals surface area contributed by atoms with E-state index in [4.69, 9.17) is 4.74 Å². The highest BCUT2D eigenvalue weighted by Gasteiger charge is 2.32. The fourth-order valence-electron chi connectivity index (χ4n) is 5.54. The Morgan fingerprint density at radius 3 is 2.58 bits per heavy atom. The minimum Gasteiger partial charge on any atom is -0.465 e. The average molecular weight is 552 g/mol. The Hall–Kier alpha value is -3.68. The van der Waals surface area contributed by atoms with Crippen molar-refractivity contribution >= 4 is 17.6 Å². The van der Waals surface area contributed by atoms with Crippen LogP contribution in [-0.2, 0) is 22.1 Å². The number of allylic oxidation sites excluding steroid dienone is 6. The molecule has 4 rings (SSSR count). The van der Waals surface area contributed by atoms with E-state index in [0.29, 0.717) is 23.1 Å². The Morgan fingerprint density at radius 2 is 1.77 bits per heavy atom. The molecule has 2 unspecified atom stereocenters. The number of methoxy groups -OCH3 is 1. The third-order valence-corrected chi connectivity index (χ3v) is 7.47. The molecular formula is C32H36F3N3O2. The van der Waals surface area contributed by atoms with E-state index >= 15 is 0 Å². The van der Waals surface area contributed by atoms with E-state index in [0.717, 1.165) is 74.8 Å². The van der Waals surface area contributed by atoms with E-state index in [-0.39, 0.29) is 11.9 Å². The third kappa shape index (κ3) is 8.41. The van der Waals surface area contributed by atoms with Gasteiger partial charge in [-0.15, -0.1) is 0 Å². The summed E-state index contributed by atoms with van der Waals surface area (Å²) in [5, 5.41) is 2.96. The third-order valence-electron chi connectivity index (χ3n) is 7.47. The molecule has 2 aromatic rings. The van der Waals surface area contributed by atoms with E-state index in [2.05, 4.69) is 33.5 Å². The number of benzene rings is 1. The lowest BCUT2D eigenvalue weighted by Gasteiger charge is -2.19. The second kappa shape index (κ2) is 13.6. The van der Waals surface area contributed by atoms with E-state index in [1.54, 1.807) is 6.08 Å². The quantitative estimate of drug-likeness (QED) is 0.367. The molecule has 1 fully saturated rings. The molecule has 2 aliphatic carbocycles. The first-order valence-corrected chi connectivity index (χ1v) is 13.8. The molecule has 5 nitrogen and oxygen atoms in total. The second-order valence-electron chi connectivity index (χ2n) is 10.6. The van der Waals surface area contributed by atoms with Crippen molar-refractivity contribution in [3.05, 3.63) is 94.9 Å². The van der Waals surface area contributed by atoms with E-state index in [1.807, 2.05) is 37.3 Å². The number of hydrogen-bond donors (Lipinski definition) is 1. The van der Waals surface area contributed by atoms with Gasteiger partial charge in [-0.2, -0.15) is 13.2 Å². The molecule has 0 saturated heterocycles. The molecule has 8 heteroatoms. The van der Waals surface area contributed by atoms with Crippen LogP contribution in [0.5, 0.6) is 0 Å². The molecule has 1 heterocycles. The van der Waals surface area contributed by atoms with Gasteiger partial charge in [0.25, 0.3) is 0 Å². The maximum Gasteiger partial charge on any atom is 0.433 e. The first kappa shape index (κ1) is 29.3. The zero-order valence-electron chi connectivity index (χ0n) is 23.0. The summed E-state index contributed by atoms with van der Waals surface area (Å²) in [6.07, 6.45) is 17.1. The highest BCUT2D eigenvalue weighted by atomic mass is 19.4. The number of carbonyl (C=O) groups is 1. The summed E-state index contributed by atoms with van der Waals surface area (Å²) < 4.78 is 44.1. The van der Waals surface area contributed by atoms with Crippen LogP contribution in [0.15, 0.2) is 78.1 Å². The first-order valence-electron chi connectivity index (χ1n) is 13.8. The highest BCUT2D eigenvalue weighted by Crippen LogP contribution is 2.33. The Bertz CT molecular complexity index is 1310. The Labute approximate surface area is 234 Å². The average Bonchev–Trinajstić information content (AvgIpc) is 3.00. The van der Waals surface area contributed by atoms with Crippen LogP contribution in [0.1, 0.15) is 61.8 Å². The Kier molecular flexibility index (Phi) is 9.96. The number of halogens is 3. The number of carbonyl (C=O) groups excluding carboxylic acids is 1. The summed E-state index contributed by atoms with van der Waals surface area (Å²) >= 11 is 0. The van der Waals surface area contributed by atoms with Crippen LogP contribution < -0.4 is 5.32 Å². The van der Waals surface area contributed by atoms with Crippen LogP contribution >= 0.6 is 0 Å². The van der Waals surface area contributed by atoms with Crippen molar-refractivity contribution in [2.75, 3.05) is 12.4 Å². The Balaban J connectivity index is 1.40. The zero-order chi connectivity index (χ0) is 28.5. The molecule has 2 aliphatic rings. The van der Waals surface area contributed by atoms with Crippen LogP contribution in [-0.4, -0.2) is 23.0 Å². The van der Waals surface area contributed by atoms with Crippen molar-refractivity contribution in [3.63, 3.8) is 0 Å². The summed E-state index contributed by atoms with van der Waals surface area (Å²) in [4.78, 5) is 19.6. The number of aryl methyl sites for hydroxylation is 1. The monoisotopic (exact) mass is 551 g/mol. The molecule has 0 amide bonds. The fraction of sp³-hybridized carbons (Fsp3) is 0.406. The molecule has 1 aromatic carbocycles. The number of anilines is 2. The van der Waals surface area contributed by atoms with Gasteiger partial charge < -0.3 is 10.1 Å². The van der Waals surface area contributed by atoms with Gasteiger partial charge in [-0.05, 0) is 85.1 Å². The highest BCUT2D eigenvalue weighted by molar-refractivity contribution is 5.92. The van der Waals surface area contributed by atoms with Crippen LogP contribution in [0.4, 0.5) is 24.8 Å². The molecule has 40 heavy (non-hydrogen) atoms. The zero-order valence-corrected chi connectivity index (χ0v) is 23.0. The number of hydrogen-bond acceptors (Lipinski definition) is 5. The molecule has 0 bridgehead atoms. The van der Waals surface area contributed by atoms with Crippen molar-refractivity contribution in [1.29, 1.82) is 0 Å². The summed E-state index contributed by atoms with van der Waals surface area (Å²) in [5.41, 5.74) is 3.70. The number of aromatic nitrogens is 2. The Morgan fingerprint density at radius 1 is 1.02 bits per heavy atom. The number of nitrogens with one attached hydrogen (secondary N) is 1. The molecule has 0 aliphatic heterocycles. The van der Waals surface area contributed by atoms with Crippen LogP contribution in [0, 0.1) is 18.8 Å². The van der Waals surface area contributed by atoms with Gasteiger partial charge in [0, 0.05) is 11.9 Å². The lowest BCUT2D eigenvalue weighted by atomic mass is 9.87. The van der Waals surface area contributed by atoms with E-state index < -0.39 is 11.9 Å². The normalized spacial score (nSPS) is 20.2. The maximum atomic E-state index is 13.1. The lowest BCUT2D eigenvalue weighted by Crippen LogP contribution is -2.10. The SMILES string of the molecule is COC(=O)C1=CC=C(C2CCCCC(Cc3cc(C)cc(Nc4nccc(C(F)(F)F)n4)c3)CCC2)C=CC=C1. The number of ether oxygens (including phenoxy) is 1. The van der Waals surface area contributed by atoms with Crippen LogP contribution in [0.25, 0.3) is 0 Å². The summed E-state index contributed by atoms with van der Waals surface area (Å²) in [5.74, 6) is 0.575. The summed E-state index contributed by atoms with van der Waals surface area (Å²) in [7, 11) is 1.39. The van der Waals surface area contributed by atoms with Crippen molar-refractivity contribution in [2.45, 2.75) is 64.5 Å². The van der Waals surface area contributed by atoms with Crippen LogP contribution in [0.2, 0.25) is 0 Å². The predicted molar refractivity (Wildman–Crippen MR) is 151 cm³/mol. The molecule has 0 spiro atoms. The summed E-state index contributed by atoms with van der Waals surface area (Å²) in [6, 6.07) is 6.91. The molecule has 2 atom stereocenters. The molecule has 1 N–H and O–H groups in total. The van der Waals surface area contributed by atoms with Gasteiger partial charge in [-0.3, -0.25) is 0 Å². The topological polar surface area (TPSA) is 64.1 Å². The van der Waals surface area contributed by atoms with Crippen molar-refractivity contribution in [2.24, 2.45) is 11.8 Å². The number of nitrogens with zero attached hydrogens (tertiary/aromatic N) is 2. The van der Waals surface area contributed by atoms with Gasteiger partial charge in [-0.1, -0.05) is 62.5 Å². The molecule has 1 saturated carbocycles. The second-order valence-corrected chi connectivity index (χ2v) is 10.6. The van der Waals surface area contributed by atoms with Crippen molar-refractivity contribution < 1.29 is 22.7 Å². The maximum absolute atomic E-state index is 13.1. The molecule has 0 radical (unpaired) electrons. The molecule has 1 aromatic heterocycles. The van der Waals surface area contributed by atoms with Gasteiger partial charge in [-0.25, -0.2) is 14.8 Å². The van der Waals surface area contributed by atoms with Crippen molar-refractivity contribution in [1.82, 2.24) is 9.97 Å². The van der Waals surface area contributed by atoms with Crippen molar-refractivity contribution in [3.8, 4) is 0 Å². The van der Waals surface area contributed by atoms with E-state index in [1.165, 1.54) is 12.7 Å².